The first-order valence-corrected chi connectivity index (χ1v) is 11.9. The summed E-state index contributed by atoms with van der Waals surface area (Å²) in [5.74, 6) is 1.27. The molecule has 0 aliphatic heterocycles. The molecule has 6 nitrogen and oxygen atoms in total. The largest absolute Gasteiger partial charge is 0.457 e. The molecule has 0 radical (unpaired) electrons. The number of rotatable bonds is 8. The van der Waals surface area contributed by atoms with E-state index in [0.717, 1.165) is 22.3 Å². The molecule has 0 fully saturated rings. The lowest BCUT2D eigenvalue weighted by Gasteiger charge is -2.19. The van der Waals surface area contributed by atoms with Crippen molar-refractivity contribution in [3.05, 3.63) is 120 Å². The Labute approximate surface area is 209 Å². The number of hydrogen-bond acceptors (Lipinski definition) is 5. The van der Waals surface area contributed by atoms with Gasteiger partial charge in [-0.05, 0) is 52.1 Å². The maximum absolute atomic E-state index is 12.4. The lowest BCUT2D eigenvalue weighted by atomic mass is 9.98. The Morgan fingerprint density at radius 2 is 1.31 bits per heavy atom. The summed E-state index contributed by atoms with van der Waals surface area (Å²) in [4.78, 5) is 12.4. The second-order valence-electron chi connectivity index (χ2n) is 8.70. The van der Waals surface area contributed by atoms with Crippen molar-refractivity contribution in [3.8, 4) is 22.6 Å². The van der Waals surface area contributed by atoms with E-state index in [9.17, 15) is 15.0 Å². The van der Waals surface area contributed by atoms with Crippen molar-refractivity contribution in [2.24, 2.45) is 0 Å². The van der Waals surface area contributed by atoms with Gasteiger partial charge in [-0.2, -0.15) is 0 Å². The number of carbonyl (C=O) groups excluding carboxylic acids is 1. The number of ether oxygens (including phenoxy) is 2. The Kier molecular flexibility index (Phi) is 6.98. The molecule has 4 aromatic carbocycles. The molecule has 0 saturated heterocycles. The van der Waals surface area contributed by atoms with Crippen molar-refractivity contribution < 1.29 is 24.5 Å². The van der Waals surface area contributed by atoms with Crippen LogP contribution >= 0.6 is 0 Å². The smallest absolute Gasteiger partial charge is 0.407 e. The second kappa shape index (κ2) is 10.6. The maximum atomic E-state index is 12.4. The second-order valence-corrected chi connectivity index (χ2v) is 8.70. The number of amides is 1. The standard InChI is InChI=1S/C30H27NO5/c32-28(29(33)20-14-16-22(17-15-20)36-21-8-2-1-3-9-21)18-31-30(34)35-19-27-25-12-6-4-10-23(25)24-11-5-7-13-26(24)27/h1-17,27-29,32-33H,18-19H2,(H,31,34). The van der Waals surface area contributed by atoms with Crippen LogP contribution in [-0.4, -0.2) is 35.6 Å². The minimum atomic E-state index is -1.20. The van der Waals surface area contributed by atoms with E-state index in [1.165, 1.54) is 0 Å². The van der Waals surface area contributed by atoms with Crippen molar-refractivity contribution in [2.45, 2.75) is 18.1 Å². The van der Waals surface area contributed by atoms with Gasteiger partial charge in [0.25, 0.3) is 0 Å². The Morgan fingerprint density at radius 1 is 0.750 bits per heavy atom. The average Bonchev–Trinajstić information content (AvgIpc) is 3.25. The molecule has 2 atom stereocenters. The molecule has 6 heteroatoms. The zero-order valence-corrected chi connectivity index (χ0v) is 19.6. The predicted octanol–water partition coefficient (Wildman–Crippen LogP) is 5.41. The summed E-state index contributed by atoms with van der Waals surface area (Å²) in [6, 6.07) is 32.4. The van der Waals surface area contributed by atoms with E-state index in [-0.39, 0.29) is 19.1 Å². The van der Waals surface area contributed by atoms with Crippen molar-refractivity contribution in [3.63, 3.8) is 0 Å². The number of nitrogens with one attached hydrogen (secondary N) is 1. The van der Waals surface area contributed by atoms with Crippen molar-refractivity contribution >= 4 is 6.09 Å². The number of fused-ring (bicyclic) bond motifs is 3. The van der Waals surface area contributed by atoms with Gasteiger partial charge < -0.3 is 25.0 Å². The predicted molar refractivity (Wildman–Crippen MR) is 137 cm³/mol. The highest BCUT2D eigenvalue weighted by molar-refractivity contribution is 5.79. The van der Waals surface area contributed by atoms with Crippen molar-refractivity contribution in [1.29, 1.82) is 0 Å². The van der Waals surface area contributed by atoms with Crippen LogP contribution in [0.3, 0.4) is 0 Å². The number of hydrogen-bond donors (Lipinski definition) is 3. The minimum absolute atomic E-state index is 0.0460. The molecular weight excluding hydrogens is 454 g/mol. The molecule has 1 amide bonds. The molecule has 182 valence electrons. The Hall–Kier alpha value is -4.13. The molecule has 5 rings (SSSR count). The van der Waals surface area contributed by atoms with Crippen LogP contribution in [0.1, 0.15) is 28.7 Å². The summed E-state index contributed by atoms with van der Waals surface area (Å²) in [5.41, 5.74) is 5.07. The van der Waals surface area contributed by atoms with Crippen LogP contribution in [0.5, 0.6) is 11.5 Å². The SMILES string of the molecule is O=C(NCC(O)C(O)c1ccc(Oc2ccccc2)cc1)OCC1c2ccccc2-c2ccccc21. The summed E-state index contributed by atoms with van der Waals surface area (Å²) in [7, 11) is 0. The van der Waals surface area contributed by atoms with Crippen LogP contribution < -0.4 is 10.1 Å². The van der Waals surface area contributed by atoms with Gasteiger partial charge in [0.15, 0.2) is 0 Å². The lowest BCUT2D eigenvalue weighted by molar-refractivity contribution is 0.0185. The van der Waals surface area contributed by atoms with Crippen molar-refractivity contribution in [1.82, 2.24) is 5.32 Å². The topological polar surface area (TPSA) is 88.0 Å². The van der Waals surface area contributed by atoms with E-state index < -0.39 is 18.3 Å². The molecule has 0 spiro atoms. The monoisotopic (exact) mass is 481 g/mol. The van der Waals surface area contributed by atoms with Gasteiger partial charge in [0.1, 0.15) is 30.3 Å². The fourth-order valence-electron chi connectivity index (χ4n) is 4.53. The third-order valence-electron chi connectivity index (χ3n) is 6.36. The lowest BCUT2D eigenvalue weighted by Crippen LogP contribution is -2.36. The molecule has 4 aromatic rings. The van der Waals surface area contributed by atoms with E-state index in [1.807, 2.05) is 54.6 Å². The van der Waals surface area contributed by atoms with E-state index in [2.05, 4.69) is 29.6 Å². The molecule has 0 aromatic heterocycles. The third-order valence-corrected chi connectivity index (χ3v) is 6.36. The maximum Gasteiger partial charge on any atom is 0.407 e. The molecule has 0 heterocycles. The first-order chi connectivity index (χ1) is 17.6. The molecule has 0 saturated carbocycles. The first-order valence-electron chi connectivity index (χ1n) is 11.9. The number of aliphatic hydroxyl groups excluding tert-OH is 2. The summed E-state index contributed by atoms with van der Waals surface area (Å²) in [6.07, 6.45) is -3.02. The Bertz CT molecular complexity index is 1280. The highest BCUT2D eigenvalue weighted by Gasteiger charge is 2.29. The number of para-hydroxylation sites is 1. The molecule has 36 heavy (non-hydrogen) atoms. The van der Waals surface area contributed by atoms with Gasteiger partial charge in [-0.15, -0.1) is 0 Å². The average molecular weight is 482 g/mol. The molecule has 1 aliphatic carbocycles. The quantitative estimate of drug-likeness (QED) is 0.313. The molecule has 3 N–H and O–H groups in total. The number of alkyl carbamates (subject to hydrolysis) is 1. The van der Waals surface area contributed by atoms with Crippen LogP contribution in [0.2, 0.25) is 0 Å². The van der Waals surface area contributed by atoms with Gasteiger partial charge in [-0.3, -0.25) is 0 Å². The van der Waals surface area contributed by atoms with Crippen LogP contribution in [-0.2, 0) is 4.74 Å². The van der Waals surface area contributed by atoms with Crippen LogP contribution in [0.4, 0.5) is 4.79 Å². The Balaban J connectivity index is 1.13. The first kappa shape index (κ1) is 23.6. The summed E-state index contributed by atoms with van der Waals surface area (Å²) in [5, 5.41) is 23.5. The van der Waals surface area contributed by atoms with Crippen LogP contribution in [0.25, 0.3) is 11.1 Å². The minimum Gasteiger partial charge on any atom is -0.457 e. The number of benzene rings is 4. The zero-order valence-electron chi connectivity index (χ0n) is 19.6. The van der Waals surface area contributed by atoms with E-state index in [4.69, 9.17) is 9.47 Å². The van der Waals surface area contributed by atoms with E-state index in [1.54, 1.807) is 24.3 Å². The summed E-state index contributed by atoms with van der Waals surface area (Å²) in [6.45, 7) is 0.0293. The molecule has 0 bridgehead atoms. The third kappa shape index (κ3) is 5.10. The number of aliphatic hydroxyl groups is 2. The normalized spacial score (nSPS) is 13.8. The molecular formula is C30H27NO5. The molecule has 2 unspecified atom stereocenters. The van der Waals surface area contributed by atoms with Gasteiger partial charge in [0, 0.05) is 12.5 Å². The van der Waals surface area contributed by atoms with E-state index in [0.29, 0.717) is 17.1 Å². The van der Waals surface area contributed by atoms with Crippen LogP contribution in [0, 0.1) is 0 Å². The van der Waals surface area contributed by atoms with Gasteiger partial charge in [-0.25, -0.2) is 4.79 Å². The summed E-state index contributed by atoms with van der Waals surface area (Å²) < 4.78 is 11.2. The Morgan fingerprint density at radius 3 is 1.94 bits per heavy atom. The van der Waals surface area contributed by atoms with Gasteiger partial charge >= 0.3 is 6.09 Å². The fraction of sp³-hybridized carbons (Fsp3) is 0.167. The molecule has 1 aliphatic rings. The highest BCUT2D eigenvalue weighted by Crippen LogP contribution is 2.44. The van der Waals surface area contributed by atoms with Crippen LogP contribution in [0.15, 0.2) is 103 Å². The van der Waals surface area contributed by atoms with Gasteiger partial charge in [0.2, 0.25) is 0 Å². The summed E-state index contributed by atoms with van der Waals surface area (Å²) >= 11 is 0. The fourth-order valence-corrected chi connectivity index (χ4v) is 4.53. The van der Waals surface area contributed by atoms with Gasteiger partial charge in [0.05, 0.1) is 0 Å². The zero-order chi connectivity index (χ0) is 24.9. The van der Waals surface area contributed by atoms with Gasteiger partial charge in [-0.1, -0.05) is 78.9 Å². The van der Waals surface area contributed by atoms with Crippen molar-refractivity contribution in [2.75, 3.05) is 13.2 Å². The van der Waals surface area contributed by atoms with E-state index >= 15 is 0 Å². The number of carbonyl (C=O) groups is 1. The highest BCUT2D eigenvalue weighted by atomic mass is 16.5.